The first-order valence-electron chi connectivity index (χ1n) is 8.56. The van der Waals surface area contributed by atoms with Gasteiger partial charge in [-0.3, -0.25) is 0 Å². The van der Waals surface area contributed by atoms with Crippen LogP contribution in [0.25, 0.3) is 0 Å². The molecule has 0 N–H and O–H groups in total. The average Bonchev–Trinajstić information content (AvgIpc) is 3.17. The summed E-state index contributed by atoms with van der Waals surface area (Å²) in [7, 11) is 0. The molecule has 2 fully saturated rings. The molecule has 3 rings (SSSR count). The molecular formula is C16H28N4O. The third kappa shape index (κ3) is 4.04. The van der Waals surface area contributed by atoms with Crippen LogP contribution in [-0.4, -0.2) is 52.7 Å². The maximum Gasteiger partial charge on any atom is 0.0827 e. The molecule has 1 atom stereocenters. The Morgan fingerprint density at radius 2 is 2.14 bits per heavy atom. The molecule has 1 aromatic heterocycles. The van der Waals surface area contributed by atoms with Gasteiger partial charge in [-0.05, 0) is 38.0 Å². The van der Waals surface area contributed by atoms with Crippen molar-refractivity contribution in [2.75, 3.05) is 32.8 Å². The Balaban J connectivity index is 1.45. The highest BCUT2D eigenvalue weighted by atomic mass is 16.5. The minimum atomic E-state index is 0.545. The van der Waals surface area contributed by atoms with Crippen LogP contribution in [0.5, 0.6) is 0 Å². The Hall–Kier alpha value is -0.940. The fourth-order valence-electron chi connectivity index (χ4n) is 3.42. The van der Waals surface area contributed by atoms with E-state index in [0.717, 1.165) is 31.2 Å². The van der Waals surface area contributed by atoms with Gasteiger partial charge >= 0.3 is 0 Å². The lowest BCUT2D eigenvalue weighted by Crippen LogP contribution is -2.38. The van der Waals surface area contributed by atoms with Gasteiger partial charge in [0, 0.05) is 32.4 Å². The highest BCUT2D eigenvalue weighted by molar-refractivity contribution is 4.94. The first-order chi connectivity index (χ1) is 10.3. The summed E-state index contributed by atoms with van der Waals surface area (Å²) in [4.78, 5) is 2.60. The van der Waals surface area contributed by atoms with Crippen LogP contribution in [0.4, 0.5) is 0 Å². The van der Waals surface area contributed by atoms with Gasteiger partial charge in [0.15, 0.2) is 0 Å². The van der Waals surface area contributed by atoms with Gasteiger partial charge < -0.3 is 9.64 Å². The van der Waals surface area contributed by atoms with Crippen molar-refractivity contribution in [2.45, 2.75) is 51.5 Å². The quantitative estimate of drug-likeness (QED) is 0.807. The SMILES string of the molecule is CCCCc1cn(C2CCN(CC3CCOC3)CC2)nn1. The second kappa shape index (κ2) is 7.36. The number of unbranched alkanes of at least 4 members (excludes halogenated alkanes) is 1. The van der Waals surface area contributed by atoms with Crippen LogP contribution in [-0.2, 0) is 11.2 Å². The Morgan fingerprint density at radius 3 is 2.86 bits per heavy atom. The normalized spacial score (nSPS) is 24.7. The fraction of sp³-hybridized carbons (Fsp3) is 0.875. The van der Waals surface area contributed by atoms with Gasteiger partial charge in [0.05, 0.1) is 18.3 Å². The molecule has 0 saturated carbocycles. The van der Waals surface area contributed by atoms with Crippen molar-refractivity contribution in [3.8, 4) is 0 Å². The zero-order valence-corrected chi connectivity index (χ0v) is 13.2. The van der Waals surface area contributed by atoms with E-state index in [1.807, 2.05) is 0 Å². The monoisotopic (exact) mass is 292 g/mol. The Bertz CT molecular complexity index is 420. The summed E-state index contributed by atoms with van der Waals surface area (Å²) >= 11 is 0. The summed E-state index contributed by atoms with van der Waals surface area (Å²) in [5, 5.41) is 8.66. The van der Waals surface area contributed by atoms with Crippen LogP contribution in [0, 0.1) is 5.92 Å². The van der Waals surface area contributed by atoms with Crippen molar-refractivity contribution in [3.63, 3.8) is 0 Å². The molecule has 0 bridgehead atoms. The highest BCUT2D eigenvalue weighted by Gasteiger charge is 2.25. The molecule has 0 spiro atoms. The summed E-state index contributed by atoms with van der Waals surface area (Å²) in [6.07, 6.45) is 9.30. The van der Waals surface area contributed by atoms with Crippen molar-refractivity contribution in [1.29, 1.82) is 0 Å². The highest BCUT2D eigenvalue weighted by Crippen LogP contribution is 2.24. The molecule has 1 unspecified atom stereocenters. The van der Waals surface area contributed by atoms with E-state index >= 15 is 0 Å². The largest absolute Gasteiger partial charge is 0.381 e. The zero-order chi connectivity index (χ0) is 14.5. The van der Waals surface area contributed by atoms with E-state index in [1.54, 1.807) is 0 Å². The number of rotatable bonds is 6. The van der Waals surface area contributed by atoms with Crippen LogP contribution in [0.2, 0.25) is 0 Å². The first kappa shape index (κ1) is 15.0. The predicted molar refractivity (Wildman–Crippen MR) is 82.3 cm³/mol. The number of ether oxygens (including phenoxy) is 1. The molecule has 21 heavy (non-hydrogen) atoms. The van der Waals surface area contributed by atoms with E-state index in [4.69, 9.17) is 4.74 Å². The van der Waals surface area contributed by atoms with Crippen LogP contribution < -0.4 is 0 Å². The Morgan fingerprint density at radius 1 is 1.29 bits per heavy atom. The lowest BCUT2D eigenvalue weighted by Gasteiger charge is -2.33. The van der Waals surface area contributed by atoms with Crippen molar-refractivity contribution >= 4 is 0 Å². The van der Waals surface area contributed by atoms with Gasteiger partial charge in [0.2, 0.25) is 0 Å². The standard InChI is InChI=1S/C16H28N4O/c1-2-3-4-15-12-20(18-17-15)16-5-8-19(9-6-16)11-14-7-10-21-13-14/h12,14,16H,2-11,13H2,1H3. The van der Waals surface area contributed by atoms with E-state index < -0.39 is 0 Å². The van der Waals surface area contributed by atoms with E-state index in [-0.39, 0.29) is 0 Å². The molecule has 0 amide bonds. The van der Waals surface area contributed by atoms with Crippen molar-refractivity contribution < 1.29 is 4.74 Å². The van der Waals surface area contributed by atoms with Crippen molar-refractivity contribution in [3.05, 3.63) is 11.9 Å². The summed E-state index contributed by atoms with van der Waals surface area (Å²) in [6, 6.07) is 0.545. The molecular weight excluding hydrogens is 264 g/mol. The summed E-state index contributed by atoms with van der Waals surface area (Å²) in [6.45, 7) is 7.72. The zero-order valence-electron chi connectivity index (χ0n) is 13.2. The minimum absolute atomic E-state index is 0.545. The first-order valence-corrected chi connectivity index (χ1v) is 8.56. The third-order valence-corrected chi connectivity index (χ3v) is 4.82. The number of aryl methyl sites for hydroxylation is 1. The second-order valence-corrected chi connectivity index (χ2v) is 6.55. The maximum atomic E-state index is 5.47. The molecule has 2 saturated heterocycles. The number of piperidine rings is 1. The predicted octanol–water partition coefficient (Wildman–Crippen LogP) is 2.29. The van der Waals surface area contributed by atoms with Crippen LogP contribution in [0.1, 0.15) is 50.8 Å². The fourth-order valence-corrected chi connectivity index (χ4v) is 3.42. The number of hydrogen-bond donors (Lipinski definition) is 0. The Labute approximate surface area is 127 Å². The van der Waals surface area contributed by atoms with Crippen LogP contribution in [0.15, 0.2) is 6.20 Å². The molecule has 5 heteroatoms. The molecule has 118 valence electrons. The smallest absolute Gasteiger partial charge is 0.0827 e. The van der Waals surface area contributed by atoms with Gasteiger partial charge in [0.25, 0.3) is 0 Å². The van der Waals surface area contributed by atoms with E-state index in [0.29, 0.717) is 6.04 Å². The van der Waals surface area contributed by atoms with Crippen LogP contribution >= 0.6 is 0 Å². The molecule has 2 aliphatic rings. The van der Waals surface area contributed by atoms with Gasteiger partial charge in [-0.2, -0.15) is 0 Å². The molecule has 5 nitrogen and oxygen atoms in total. The van der Waals surface area contributed by atoms with Gasteiger partial charge in [-0.1, -0.05) is 18.6 Å². The Kier molecular flexibility index (Phi) is 5.25. The summed E-state index contributed by atoms with van der Waals surface area (Å²) < 4.78 is 7.59. The lowest BCUT2D eigenvalue weighted by atomic mass is 10.0. The molecule has 0 aliphatic carbocycles. The van der Waals surface area contributed by atoms with Gasteiger partial charge in [-0.15, -0.1) is 5.10 Å². The number of hydrogen-bond acceptors (Lipinski definition) is 4. The average molecular weight is 292 g/mol. The maximum absolute atomic E-state index is 5.47. The topological polar surface area (TPSA) is 43.2 Å². The van der Waals surface area contributed by atoms with E-state index in [9.17, 15) is 0 Å². The van der Waals surface area contributed by atoms with Crippen molar-refractivity contribution in [1.82, 2.24) is 19.9 Å². The minimum Gasteiger partial charge on any atom is -0.381 e. The number of aromatic nitrogens is 3. The molecule has 1 aromatic rings. The lowest BCUT2D eigenvalue weighted by molar-refractivity contribution is 0.139. The van der Waals surface area contributed by atoms with E-state index in [2.05, 4.69) is 33.0 Å². The van der Waals surface area contributed by atoms with E-state index in [1.165, 1.54) is 51.7 Å². The molecule has 2 aliphatic heterocycles. The van der Waals surface area contributed by atoms with Crippen molar-refractivity contribution in [2.24, 2.45) is 5.92 Å². The van der Waals surface area contributed by atoms with Gasteiger partial charge in [-0.25, -0.2) is 4.68 Å². The van der Waals surface area contributed by atoms with Crippen LogP contribution in [0.3, 0.4) is 0 Å². The second-order valence-electron chi connectivity index (χ2n) is 6.55. The summed E-state index contributed by atoms with van der Waals surface area (Å²) in [5.41, 5.74) is 1.15. The molecule has 0 radical (unpaired) electrons. The number of likely N-dealkylation sites (tertiary alicyclic amines) is 1. The molecule has 0 aromatic carbocycles. The third-order valence-electron chi connectivity index (χ3n) is 4.82. The number of nitrogens with zero attached hydrogens (tertiary/aromatic N) is 4. The summed E-state index contributed by atoms with van der Waals surface area (Å²) in [5.74, 6) is 0.758. The molecule has 3 heterocycles. The van der Waals surface area contributed by atoms with Gasteiger partial charge in [0.1, 0.15) is 0 Å².